The molecule has 0 aromatic heterocycles. The average Bonchev–Trinajstić information content (AvgIpc) is 3.08. The molecule has 0 aliphatic heterocycles. The first-order valence-corrected chi connectivity index (χ1v) is 14.8. The zero-order valence-corrected chi connectivity index (χ0v) is 24.7. The van der Waals surface area contributed by atoms with Gasteiger partial charge in [-0.05, 0) is 46.5 Å². The summed E-state index contributed by atoms with van der Waals surface area (Å²) in [6.45, 7) is 0. The molecule has 0 spiro atoms. The molecule has 216 valence electrons. The molecule has 44 heavy (non-hydrogen) atoms. The van der Waals surface area contributed by atoms with Gasteiger partial charge in [0.05, 0.1) is 28.4 Å². The van der Waals surface area contributed by atoms with E-state index in [1.807, 2.05) is 48.5 Å². The monoisotopic (exact) mass is 580 g/mol. The maximum Gasteiger partial charge on any atom is 0.187 e. The molecule has 11 rings (SSSR count). The second kappa shape index (κ2) is 8.73. The van der Waals surface area contributed by atoms with E-state index in [1.165, 1.54) is 0 Å². The number of carbonyl (C=O) groups is 2. The van der Waals surface area contributed by atoms with Crippen molar-refractivity contribution in [1.29, 1.82) is 0 Å². The highest BCUT2D eigenvalue weighted by atomic mass is 16.5. The van der Waals surface area contributed by atoms with Gasteiger partial charge < -0.3 is 18.9 Å². The highest BCUT2D eigenvalue weighted by Gasteiger charge is 2.58. The molecule has 0 atom stereocenters. The van der Waals surface area contributed by atoms with Crippen LogP contribution in [0.15, 0.2) is 95.1 Å². The summed E-state index contributed by atoms with van der Waals surface area (Å²) in [5.74, 6) is 0.566. The van der Waals surface area contributed by atoms with Crippen LogP contribution in [-0.2, 0) is 9.59 Å². The van der Waals surface area contributed by atoms with Crippen LogP contribution in [0.2, 0.25) is 0 Å². The van der Waals surface area contributed by atoms with Crippen LogP contribution in [0.25, 0.3) is 0 Å². The van der Waals surface area contributed by atoms with Crippen LogP contribution < -0.4 is 18.9 Å². The quantitative estimate of drug-likeness (QED) is 0.262. The molecule has 0 unspecified atom stereocenters. The fraction of sp³-hybridized carbons (Fsp3) is 0.211. The van der Waals surface area contributed by atoms with Gasteiger partial charge in [0.2, 0.25) is 0 Å². The fourth-order valence-corrected chi connectivity index (χ4v) is 8.92. The summed E-state index contributed by atoms with van der Waals surface area (Å²) in [7, 11) is 6.52. The Bertz CT molecular complexity index is 1830. The third-order valence-electron chi connectivity index (χ3n) is 10.4. The summed E-state index contributed by atoms with van der Waals surface area (Å²) in [6.07, 6.45) is 0. The molecule has 0 radical (unpaired) electrons. The van der Waals surface area contributed by atoms with Crippen molar-refractivity contribution in [1.82, 2.24) is 0 Å². The van der Waals surface area contributed by atoms with E-state index < -0.39 is 11.8 Å². The molecular weight excluding hydrogens is 552 g/mol. The van der Waals surface area contributed by atoms with Crippen molar-refractivity contribution < 1.29 is 28.5 Å². The van der Waals surface area contributed by atoms with Crippen molar-refractivity contribution in [3.05, 3.63) is 140 Å². The summed E-state index contributed by atoms with van der Waals surface area (Å²) in [4.78, 5) is 30.5. The Labute approximate surface area is 254 Å². The number of hydrogen-bond acceptors (Lipinski definition) is 6. The first-order valence-electron chi connectivity index (χ1n) is 14.8. The van der Waals surface area contributed by atoms with Gasteiger partial charge in [-0.25, -0.2) is 0 Å². The van der Waals surface area contributed by atoms with Crippen LogP contribution >= 0.6 is 0 Å². The van der Waals surface area contributed by atoms with Crippen LogP contribution in [0.5, 0.6) is 23.0 Å². The van der Waals surface area contributed by atoms with Crippen molar-refractivity contribution in [3.8, 4) is 23.0 Å². The van der Waals surface area contributed by atoms with Crippen LogP contribution in [0.1, 0.15) is 68.2 Å². The number of benzene rings is 4. The summed E-state index contributed by atoms with van der Waals surface area (Å²) in [5.41, 5.74) is 9.97. The normalized spacial score (nSPS) is 22.9. The largest absolute Gasteiger partial charge is 0.496 e. The topological polar surface area (TPSA) is 71.1 Å². The predicted octanol–water partition coefficient (Wildman–Crippen LogP) is 6.35. The van der Waals surface area contributed by atoms with Crippen LogP contribution in [0.3, 0.4) is 0 Å². The van der Waals surface area contributed by atoms with Crippen molar-refractivity contribution >= 4 is 11.6 Å². The summed E-state index contributed by atoms with van der Waals surface area (Å²) in [6, 6.07) is 24.0. The van der Waals surface area contributed by atoms with Gasteiger partial charge in [-0.15, -0.1) is 0 Å². The third-order valence-corrected chi connectivity index (χ3v) is 10.4. The van der Waals surface area contributed by atoms with Gasteiger partial charge in [0.25, 0.3) is 0 Å². The standard InChI is InChI=1S/C38H28O6/c1-41-21-13-14-22(42-2)28-27(21)31-29-23(43-3)15-16-24(44-4)30(29)32(28)36-35(31)37(39)33-25-17-9-5-7-11-19(17)26(34(33)38(36)40)20-12-8-6-10-18(20)25/h5-16,25-26,31-32H,1-4H3. The number of hydrogen-bond donors (Lipinski definition) is 0. The summed E-state index contributed by atoms with van der Waals surface area (Å²) >= 11 is 0. The molecule has 4 bridgehead atoms. The fourth-order valence-electron chi connectivity index (χ4n) is 8.92. The lowest BCUT2D eigenvalue weighted by molar-refractivity contribution is -0.117. The summed E-state index contributed by atoms with van der Waals surface area (Å²) < 4.78 is 23.8. The molecule has 6 heteroatoms. The molecule has 0 saturated heterocycles. The van der Waals surface area contributed by atoms with Crippen LogP contribution in [0.4, 0.5) is 0 Å². The van der Waals surface area contributed by atoms with Crippen molar-refractivity contribution in [3.63, 3.8) is 0 Å². The van der Waals surface area contributed by atoms with E-state index in [1.54, 1.807) is 28.4 Å². The van der Waals surface area contributed by atoms with Gasteiger partial charge in [0.1, 0.15) is 23.0 Å². The zero-order valence-electron chi connectivity index (χ0n) is 24.7. The number of allylic oxidation sites excluding steroid dienone is 4. The van der Waals surface area contributed by atoms with Gasteiger partial charge in [-0.2, -0.15) is 0 Å². The number of Topliss-reactive ketones (excluding diaryl/α,β-unsaturated/α-hetero) is 2. The number of carbonyl (C=O) groups excluding carboxylic acids is 2. The Balaban J connectivity index is 1.38. The van der Waals surface area contributed by atoms with Crippen LogP contribution in [0, 0.1) is 0 Å². The van der Waals surface area contributed by atoms with Gasteiger partial charge in [0, 0.05) is 68.2 Å². The van der Waals surface area contributed by atoms with E-state index in [0.717, 1.165) is 44.5 Å². The lowest BCUT2D eigenvalue weighted by atomic mass is 9.51. The molecular formula is C38H28O6. The highest BCUT2D eigenvalue weighted by Crippen LogP contribution is 2.68. The SMILES string of the molecule is COc1ccc(OC)c2c1C1C3=C(C(=O)C4=C(C3=O)C3c5ccccc5C4c4ccccc43)C2c2c(OC)ccc(OC)c21. The molecule has 7 aliphatic rings. The first-order chi connectivity index (χ1) is 21.5. The molecule has 0 saturated carbocycles. The average molecular weight is 581 g/mol. The minimum Gasteiger partial charge on any atom is -0.496 e. The Morgan fingerprint density at radius 1 is 0.386 bits per heavy atom. The Morgan fingerprint density at radius 2 is 0.636 bits per heavy atom. The summed E-state index contributed by atoms with van der Waals surface area (Å²) in [5, 5.41) is 0. The van der Waals surface area contributed by atoms with E-state index in [2.05, 4.69) is 24.3 Å². The van der Waals surface area contributed by atoms with E-state index in [9.17, 15) is 0 Å². The molecule has 0 fully saturated rings. The first kappa shape index (κ1) is 25.4. The Kier molecular flexibility index (Phi) is 5.04. The smallest absolute Gasteiger partial charge is 0.187 e. The lowest BCUT2D eigenvalue weighted by Crippen LogP contribution is -2.44. The predicted molar refractivity (Wildman–Crippen MR) is 163 cm³/mol. The van der Waals surface area contributed by atoms with Gasteiger partial charge >= 0.3 is 0 Å². The Morgan fingerprint density at radius 3 is 0.886 bits per heavy atom. The van der Waals surface area contributed by atoms with E-state index in [-0.39, 0.29) is 23.4 Å². The molecule has 6 nitrogen and oxygen atoms in total. The minimum atomic E-state index is -0.605. The third kappa shape index (κ3) is 2.78. The molecule has 4 aromatic rings. The molecule has 0 N–H and O–H groups in total. The Hall–Kier alpha value is -5.10. The number of rotatable bonds is 4. The number of ether oxygens (including phenoxy) is 4. The molecule has 0 amide bonds. The highest BCUT2D eigenvalue weighted by molar-refractivity contribution is 6.30. The molecule has 4 aromatic carbocycles. The van der Waals surface area contributed by atoms with Crippen molar-refractivity contribution in [2.24, 2.45) is 0 Å². The number of ketones is 2. The van der Waals surface area contributed by atoms with Crippen LogP contribution in [-0.4, -0.2) is 40.0 Å². The van der Waals surface area contributed by atoms with Crippen molar-refractivity contribution in [2.75, 3.05) is 28.4 Å². The van der Waals surface area contributed by atoms with E-state index in [0.29, 0.717) is 45.3 Å². The zero-order chi connectivity index (χ0) is 30.0. The van der Waals surface area contributed by atoms with Gasteiger partial charge in [0.15, 0.2) is 11.6 Å². The van der Waals surface area contributed by atoms with E-state index in [4.69, 9.17) is 18.9 Å². The van der Waals surface area contributed by atoms with Gasteiger partial charge in [-0.3, -0.25) is 9.59 Å². The maximum atomic E-state index is 15.3. The van der Waals surface area contributed by atoms with Crippen molar-refractivity contribution in [2.45, 2.75) is 23.7 Å². The number of methoxy groups -OCH3 is 4. The van der Waals surface area contributed by atoms with Gasteiger partial charge in [-0.1, -0.05) is 48.5 Å². The second-order valence-corrected chi connectivity index (χ2v) is 11.9. The lowest BCUT2D eigenvalue weighted by Gasteiger charge is -2.50. The van der Waals surface area contributed by atoms with E-state index >= 15 is 9.59 Å². The maximum absolute atomic E-state index is 15.3. The molecule has 0 heterocycles. The molecule has 7 aliphatic carbocycles. The minimum absolute atomic E-state index is 0.0744. The second-order valence-electron chi connectivity index (χ2n) is 11.9.